The molecular formula is C34H33Cl3FN9. The van der Waals surface area contributed by atoms with Gasteiger partial charge in [-0.15, -0.1) is 5.10 Å². The Hall–Kier alpha value is -4.01. The molecule has 0 bridgehead atoms. The first-order valence-electron chi connectivity index (χ1n) is 15.2. The molecule has 2 N–H and O–H groups in total. The summed E-state index contributed by atoms with van der Waals surface area (Å²) in [4.78, 5) is 11.5. The maximum absolute atomic E-state index is 15.1. The van der Waals surface area contributed by atoms with Crippen LogP contribution in [0.4, 0.5) is 21.5 Å². The standard InChI is InChI=1S/C34H33Cl3FN9/c1-19-23(6-5-11-40-19)33(28-18-47(45-44-28)22-9-12-46(13-10-22)34(2,3)4)42-21-14-24-31(20(16-39)17-41-32(24)26(36)15-21)43-27-8-7-25(35)29(37)30(27)38/h5-8,11,14-15,17-18,22,33,42H,9-10,12-13H2,1-4H3,(H,41,43). The van der Waals surface area contributed by atoms with E-state index in [0.29, 0.717) is 27.3 Å². The number of hydrogen-bond donors (Lipinski definition) is 2. The summed E-state index contributed by atoms with van der Waals surface area (Å²) in [5.41, 5.74) is 4.20. The number of benzene rings is 2. The minimum atomic E-state index is -0.743. The van der Waals surface area contributed by atoms with Crippen LogP contribution in [0.15, 0.2) is 55.0 Å². The summed E-state index contributed by atoms with van der Waals surface area (Å²) in [6.07, 6.45) is 7.10. The molecule has 13 heteroatoms. The van der Waals surface area contributed by atoms with Crippen LogP contribution < -0.4 is 10.6 Å². The lowest BCUT2D eigenvalue weighted by Crippen LogP contribution is -2.46. The molecule has 1 atom stereocenters. The Bertz CT molecular complexity index is 1990. The molecule has 1 unspecified atom stereocenters. The number of piperidine rings is 1. The van der Waals surface area contributed by atoms with Crippen molar-refractivity contribution in [3.8, 4) is 6.07 Å². The van der Waals surface area contributed by atoms with Crippen LogP contribution in [-0.2, 0) is 0 Å². The molecule has 6 rings (SSSR count). The third-order valence-electron chi connectivity index (χ3n) is 8.62. The number of aromatic nitrogens is 5. The van der Waals surface area contributed by atoms with Crippen molar-refractivity contribution in [3.63, 3.8) is 0 Å². The molecule has 0 aliphatic carbocycles. The van der Waals surface area contributed by atoms with E-state index in [1.165, 1.54) is 18.3 Å². The number of fused-ring (bicyclic) bond motifs is 1. The van der Waals surface area contributed by atoms with Gasteiger partial charge in [-0.25, -0.2) is 9.07 Å². The van der Waals surface area contributed by atoms with Crippen LogP contribution in [0.2, 0.25) is 15.1 Å². The fraction of sp³-hybridized carbons (Fsp3) is 0.324. The van der Waals surface area contributed by atoms with Crippen LogP contribution in [0.1, 0.15) is 68.2 Å². The summed E-state index contributed by atoms with van der Waals surface area (Å²) in [5, 5.41) is 26.5. The van der Waals surface area contributed by atoms with Gasteiger partial charge in [-0.1, -0.05) is 46.1 Å². The molecule has 0 amide bonds. The van der Waals surface area contributed by atoms with Crippen molar-refractivity contribution >= 4 is 62.8 Å². The third kappa shape index (κ3) is 6.72. The van der Waals surface area contributed by atoms with Crippen LogP contribution >= 0.6 is 34.8 Å². The van der Waals surface area contributed by atoms with Crippen molar-refractivity contribution in [1.29, 1.82) is 5.26 Å². The average Bonchev–Trinajstić information content (AvgIpc) is 3.54. The van der Waals surface area contributed by atoms with Crippen LogP contribution in [0, 0.1) is 24.1 Å². The zero-order valence-electron chi connectivity index (χ0n) is 26.3. The molecule has 5 aromatic rings. The highest BCUT2D eigenvalue weighted by atomic mass is 35.5. The third-order valence-corrected chi connectivity index (χ3v) is 9.69. The molecule has 1 aliphatic heterocycles. The lowest BCUT2D eigenvalue weighted by Gasteiger charge is -2.40. The summed E-state index contributed by atoms with van der Waals surface area (Å²) in [5.74, 6) is -0.743. The van der Waals surface area contributed by atoms with Gasteiger partial charge in [0.1, 0.15) is 11.8 Å². The molecule has 3 aromatic heterocycles. The number of hydrogen-bond acceptors (Lipinski definition) is 8. The van der Waals surface area contributed by atoms with Crippen molar-refractivity contribution in [2.24, 2.45) is 0 Å². The number of rotatable bonds is 7. The lowest BCUT2D eigenvalue weighted by molar-refractivity contribution is 0.0866. The number of anilines is 3. The molecule has 4 heterocycles. The Morgan fingerprint density at radius 1 is 1.06 bits per heavy atom. The van der Waals surface area contributed by atoms with Crippen molar-refractivity contribution in [1.82, 2.24) is 29.9 Å². The van der Waals surface area contributed by atoms with Gasteiger partial charge in [0, 0.05) is 53.4 Å². The summed E-state index contributed by atoms with van der Waals surface area (Å²) in [6, 6.07) is 12.3. The van der Waals surface area contributed by atoms with Crippen molar-refractivity contribution in [2.45, 2.75) is 58.2 Å². The molecule has 2 aromatic carbocycles. The first-order valence-corrected chi connectivity index (χ1v) is 16.4. The van der Waals surface area contributed by atoms with Crippen LogP contribution in [-0.4, -0.2) is 48.5 Å². The van der Waals surface area contributed by atoms with Gasteiger partial charge in [0.25, 0.3) is 0 Å². The van der Waals surface area contributed by atoms with E-state index in [0.717, 1.165) is 42.9 Å². The molecular weight excluding hydrogens is 660 g/mol. The van der Waals surface area contributed by atoms with Gasteiger partial charge >= 0.3 is 0 Å². The van der Waals surface area contributed by atoms with Crippen molar-refractivity contribution < 1.29 is 4.39 Å². The van der Waals surface area contributed by atoms with E-state index in [1.807, 2.05) is 36.0 Å². The number of nitrogens with zero attached hydrogens (tertiary/aromatic N) is 7. The molecule has 0 radical (unpaired) electrons. The fourth-order valence-corrected chi connectivity index (χ4v) is 6.58. The minimum Gasteiger partial charge on any atom is -0.373 e. The van der Waals surface area contributed by atoms with E-state index in [9.17, 15) is 5.26 Å². The summed E-state index contributed by atoms with van der Waals surface area (Å²) in [6.45, 7) is 10.7. The van der Waals surface area contributed by atoms with E-state index < -0.39 is 11.9 Å². The lowest BCUT2D eigenvalue weighted by atomic mass is 9.98. The number of pyridine rings is 2. The number of likely N-dealkylation sites (tertiary alicyclic amines) is 1. The van der Waals surface area contributed by atoms with Gasteiger partial charge < -0.3 is 10.6 Å². The second-order valence-corrected chi connectivity index (χ2v) is 13.8. The Morgan fingerprint density at radius 3 is 2.53 bits per heavy atom. The van der Waals surface area contributed by atoms with Crippen LogP contribution in [0.3, 0.4) is 0 Å². The molecule has 9 nitrogen and oxygen atoms in total. The van der Waals surface area contributed by atoms with Gasteiger partial charge in [-0.2, -0.15) is 5.26 Å². The van der Waals surface area contributed by atoms with Crippen molar-refractivity contribution in [3.05, 3.63) is 98.4 Å². The number of halogens is 4. The Kier molecular flexibility index (Phi) is 9.27. The quantitative estimate of drug-likeness (QED) is 0.163. The zero-order chi connectivity index (χ0) is 33.5. The number of nitriles is 1. The van der Waals surface area contributed by atoms with Gasteiger partial charge in [0.05, 0.1) is 55.8 Å². The molecule has 1 fully saturated rings. The van der Waals surface area contributed by atoms with Crippen molar-refractivity contribution in [2.75, 3.05) is 23.7 Å². The first kappa shape index (κ1) is 32.9. The maximum Gasteiger partial charge on any atom is 0.166 e. The normalized spacial score (nSPS) is 15.0. The predicted octanol–water partition coefficient (Wildman–Crippen LogP) is 8.88. The van der Waals surface area contributed by atoms with Gasteiger partial charge in [-0.3, -0.25) is 14.9 Å². The highest BCUT2D eigenvalue weighted by Gasteiger charge is 2.29. The SMILES string of the molecule is Cc1ncccc1C(Nc1cc(Cl)c2ncc(C#N)c(Nc3ccc(Cl)c(Cl)c3F)c2c1)c1cn(C2CCN(C(C)(C)C)CC2)nn1. The molecule has 1 aliphatic rings. The fourth-order valence-electron chi connectivity index (χ4n) is 6.00. The van der Waals surface area contributed by atoms with E-state index in [4.69, 9.17) is 34.8 Å². The van der Waals surface area contributed by atoms with E-state index in [-0.39, 0.29) is 32.9 Å². The largest absolute Gasteiger partial charge is 0.373 e. The summed E-state index contributed by atoms with van der Waals surface area (Å²) in [7, 11) is 0. The Labute approximate surface area is 287 Å². The van der Waals surface area contributed by atoms with E-state index in [2.05, 4.69) is 62.7 Å². The smallest absolute Gasteiger partial charge is 0.166 e. The monoisotopic (exact) mass is 691 g/mol. The van der Waals surface area contributed by atoms with E-state index in [1.54, 1.807) is 12.3 Å². The average molecular weight is 693 g/mol. The second kappa shape index (κ2) is 13.2. The molecule has 0 spiro atoms. The van der Waals surface area contributed by atoms with Gasteiger partial charge in [0.15, 0.2) is 5.82 Å². The molecule has 242 valence electrons. The van der Waals surface area contributed by atoms with Gasteiger partial charge in [0.2, 0.25) is 0 Å². The summed E-state index contributed by atoms with van der Waals surface area (Å²) < 4.78 is 17.1. The maximum atomic E-state index is 15.1. The zero-order valence-corrected chi connectivity index (χ0v) is 28.6. The van der Waals surface area contributed by atoms with Gasteiger partial charge in [-0.05, 0) is 70.9 Å². The van der Waals surface area contributed by atoms with Crippen LogP contribution in [0.5, 0.6) is 0 Å². The number of nitrogens with one attached hydrogen (secondary N) is 2. The van der Waals surface area contributed by atoms with E-state index >= 15 is 4.39 Å². The van der Waals surface area contributed by atoms with Crippen LogP contribution in [0.25, 0.3) is 10.9 Å². The first-order chi connectivity index (χ1) is 22.4. The molecule has 1 saturated heterocycles. The molecule has 0 saturated carbocycles. The Balaban J connectivity index is 1.38. The number of aryl methyl sites for hydroxylation is 1. The highest BCUT2D eigenvalue weighted by molar-refractivity contribution is 6.42. The summed E-state index contributed by atoms with van der Waals surface area (Å²) >= 11 is 18.9. The highest BCUT2D eigenvalue weighted by Crippen LogP contribution is 2.39. The molecule has 47 heavy (non-hydrogen) atoms. The minimum absolute atomic E-state index is 0.0479. The topological polar surface area (TPSA) is 108 Å². The second-order valence-electron chi connectivity index (χ2n) is 12.6. The Morgan fingerprint density at radius 2 is 1.83 bits per heavy atom. The predicted molar refractivity (Wildman–Crippen MR) is 185 cm³/mol.